The van der Waals surface area contributed by atoms with Crippen molar-refractivity contribution in [2.75, 3.05) is 26.2 Å². The first-order valence-electron chi connectivity index (χ1n) is 6.97. The number of benzene rings is 1. The maximum Gasteiger partial charge on any atom is 0.0835 e. The van der Waals surface area contributed by atoms with Crippen molar-refractivity contribution in [3.63, 3.8) is 0 Å². The lowest BCUT2D eigenvalue weighted by atomic mass is 10.1. The molecule has 0 aliphatic carbocycles. The van der Waals surface area contributed by atoms with E-state index < -0.39 is 0 Å². The van der Waals surface area contributed by atoms with Crippen molar-refractivity contribution in [1.29, 1.82) is 0 Å². The Balaban J connectivity index is 1.67. The van der Waals surface area contributed by atoms with Crippen LogP contribution in [-0.2, 0) is 0 Å². The first-order chi connectivity index (χ1) is 8.93. The van der Waals surface area contributed by atoms with Gasteiger partial charge in [-0.15, -0.1) is 0 Å². The molecule has 0 aromatic heterocycles. The zero-order chi connectivity index (χ0) is 12.2. The second-order valence-corrected chi connectivity index (χ2v) is 5.06. The summed E-state index contributed by atoms with van der Waals surface area (Å²) < 4.78 is 0. The lowest BCUT2D eigenvalue weighted by Gasteiger charge is -2.27. The molecule has 0 atom stereocenters. The molecule has 0 amide bonds. The standard InChI is InChI=1S/C14H22N4/c1-7-15-13(16-8-1)11-3-5-12(6-4-11)14-17-9-2-10-18-14/h3-6,13-18H,1-2,7-10H2. The van der Waals surface area contributed by atoms with E-state index in [0.29, 0.717) is 12.3 Å². The maximum atomic E-state index is 3.49. The monoisotopic (exact) mass is 246 g/mol. The summed E-state index contributed by atoms with van der Waals surface area (Å²) in [6.07, 6.45) is 3.06. The molecule has 2 heterocycles. The minimum atomic E-state index is 0.320. The molecule has 4 N–H and O–H groups in total. The molecule has 0 bridgehead atoms. The van der Waals surface area contributed by atoms with E-state index >= 15 is 0 Å². The summed E-state index contributed by atoms with van der Waals surface area (Å²) in [4.78, 5) is 0. The van der Waals surface area contributed by atoms with Crippen molar-refractivity contribution in [3.8, 4) is 0 Å². The van der Waals surface area contributed by atoms with Crippen LogP contribution in [-0.4, -0.2) is 26.2 Å². The smallest absolute Gasteiger partial charge is 0.0835 e. The van der Waals surface area contributed by atoms with Crippen molar-refractivity contribution in [2.45, 2.75) is 25.2 Å². The minimum absolute atomic E-state index is 0.320. The Labute approximate surface area is 109 Å². The van der Waals surface area contributed by atoms with Crippen LogP contribution in [0.5, 0.6) is 0 Å². The van der Waals surface area contributed by atoms with Crippen molar-refractivity contribution >= 4 is 0 Å². The zero-order valence-electron chi connectivity index (χ0n) is 10.7. The van der Waals surface area contributed by atoms with Crippen LogP contribution in [0.1, 0.15) is 36.3 Å². The highest BCUT2D eigenvalue weighted by Crippen LogP contribution is 2.17. The van der Waals surface area contributed by atoms with Crippen molar-refractivity contribution in [3.05, 3.63) is 35.4 Å². The van der Waals surface area contributed by atoms with Gasteiger partial charge in [0.05, 0.1) is 12.3 Å². The van der Waals surface area contributed by atoms with Gasteiger partial charge in [-0.3, -0.25) is 21.3 Å². The van der Waals surface area contributed by atoms with Crippen LogP contribution >= 0.6 is 0 Å². The lowest BCUT2D eigenvalue weighted by Crippen LogP contribution is -2.42. The number of hydrogen-bond donors (Lipinski definition) is 4. The topological polar surface area (TPSA) is 48.1 Å². The van der Waals surface area contributed by atoms with Crippen LogP contribution < -0.4 is 21.3 Å². The maximum absolute atomic E-state index is 3.49. The van der Waals surface area contributed by atoms with Gasteiger partial charge >= 0.3 is 0 Å². The first-order valence-corrected chi connectivity index (χ1v) is 6.97. The van der Waals surface area contributed by atoms with Crippen molar-refractivity contribution in [1.82, 2.24) is 21.3 Å². The normalized spacial score (nSPS) is 23.1. The Morgan fingerprint density at radius 2 is 0.944 bits per heavy atom. The summed E-state index contributed by atoms with van der Waals surface area (Å²) in [6, 6.07) is 8.90. The van der Waals surface area contributed by atoms with Crippen molar-refractivity contribution in [2.24, 2.45) is 0 Å². The lowest BCUT2D eigenvalue weighted by molar-refractivity contribution is 0.375. The highest BCUT2D eigenvalue weighted by molar-refractivity contribution is 5.27. The van der Waals surface area contributed by atoms with Crippen LogP contribution in [0.25, 0.3) is 0 Å². The average molecular weight is 246 g/mol. The Bertz CT molecular complexity index is 327. The Hall–Kier alpha value is -0.940. The fourth-order valence-electron chi connectivity index (χ4n) is 2.66. The molecule has 3 rings (SSSR count). The highest BCUT2D eigenvalue weighted by atomic mass is 15.1. The Kier molecular flexibility index (Phi) is 3.90. The molecule has 0 unspecified atom stereocenters. The molecule has 4 heteroatoms. The molecule has 0 saturated carbocycles. The van der Waals surface area contributed by atoms with E-state index in [2.05, 4.69) is 45.5 Å². The quantitative estimate of drug-likeness (QED) is 0.625. The van der Waals surface area contributed by atoms with Gasteiger partial charge in [-0.1, -0.05) is 24.3 Å². The van der Waals surface area contributed by atoms with Crippen LogP contribution in [0.4, 0.5) is 0 Å². The predicted octanol–water partition coefficient (Wildman–Crippen LogP) is 0.850. The fourth-order valence-corrected chi connectivity index (χ4v) is 2.66. The third kappa shape index (κ3) is 2.72. The SMILES string of the molecule is c1cc(C2NCCCN2)ccc1C1NCCCN1. The van der Waals surface area contributed by atoms with Gasteiger partial charge in [-0.25, -0.2) is 0 Å². The molecule has 2 aliphatic rings. The third-order valence-electron chi connectivity index (χ3n) is 3.70. The minimum Gasteiger partial charge on any atom is -0.298 e. The van der Waals surface area contributed by atoms with E-state index in [-0.39, 0.29) is 0 Å². The van der Waals surface area contributed by atoms with Crippen LogP contribution in [0.2, 0.25) is 0 Å². The van der Waals surface area contributed by atoms with E-state index in [4.69, 9.17) is 0 Å². The first kappa shape index (κ1) is 12.1. The van der Waals surface area contributed by atoms with Gasteiger partial charge in [-0.2, -0.15) is 0 Å². The summed E-state index contributed by atoms with van der Waals surface area (Å²) in [5, 5.41) is 14.0. The van der Waals surface area contributed by atoms with E-state index in [1.54, 1.807) is 0 Å². The van der Waals surface area contributed by atoms with Gasteiger partial charge in [-0.05, 0) is 50.1 Å². The van der Waals surface area contributed by atoms with Gasteiger partial charge in [0.15, 0.2) is 0 Å². The number of nitrogens with one attached hydrogen (secondary N) is 4. The summed E-state index contributed by atoms with van der Waals surface area (Å²) >= 11 is 0. The van der Waals surface area contributed by atoms with Crippen molar-refractivity contribution < 1.29 is 0 Å². The van der Waals surface area contributed by atoms with Gasteiger partial charge in [0.1, 0.15) is 0 Å². The predicted molar refractivity (Wildman–Crippen MR) is 73.2 cm³/mol. The molecule has 4 nitrogen and oxygen atoms in total. The molecule has 1 aromatic carbocycles. The molecule has 2 saturated heterocycles. The van der Waals surface area contributed by atoms with E-state index in [9.17, 15) is 0 Å². The summed E-state index contributed by atoms with van der Waals surface area (Å²) in [5.41, 5.74) is 2.66. The molecular weight excluding hydrogens is 224 g/mol. The number of rotatable bonds is 2. The number of hydrogen-bond acceptors (Lipinski definition) is 4. The Morgan fingerprint density at radius 1 is 0.611 bits per heavy atom. The molecule has 1 aromatic rings. The van der Waals surface area contributed by atoms with E-state index in [0.717, 1.165) is 26.2 Å². The molecular formula is C14H22N4. The molecule has 0 spiro atoms. The summed E-state index contributed by atoms with van der Waals surface area (Å²) in [5.74, 6) is 0. The molecule has 2 aliphatic heterocycles. The van der Waals surface area contributed by atoms with E-state index in [1.165, 1.54) is 24.0 Å². The van der Waals surface area contributed by atoms with Crippen LogP contribution in [0.15, 0.2) is 24.3 Å². The van der Waals surface area contributed by atoms with Crippen LogP contribution in [0, 0.1) is 0 Å². The van der Waals surface area contributed by atoms with Gasteiger partial charge in [0, 0.05) is 0 Å². The van der Waals surface area contributed by atoms with Gasteiger partial charge in [0.25, 0.3) is 0 Å². The van der Waals surface area contributed by atoms with Gasteiger partial charge in [0.2, 0.25) is 0 Å². The molecule has 98 valence electrons. The molecule has 2 fully saturated rings. The zero-order valence-corrected chi connectivity index (χ0v) is 10.7. The fraction of sp³-hybridized carbons (Fsp3) is 0.571. The summed E-state index contributed by atoms with van der Waals surface area (Å²) in [7, 11) is 0. The highest BCUT2D eigenvalue weighted by Gasteiger charge is 2.16. The van der Waals surface area contributed by atoms with E-state index in [1.807, 2.05) is 0 Å². The second kappa shape index (κ2) is 5.80. The molecule has 0 radical (unpaired) electrons. The second-order valence-electron chi connectivity index (χ2n) is 5.06. The molecule has 18 heavy (non-hydrogen) atoms. The third-order valence-corrected chi connectivity index (χ3v) is 3.70. The summed E-state index contributed by atoms with van der Waals surface area (Å²) in [6.45, 7) is 4.41. The largest absolute Gasteiger partial charge is 0.298 e. The van der Waals surface area contributed by atoms with Gasteiger partial charge < -0.3 is 0 Å². The average Bonchev–Trinajstić information content (AvgIpc) is 2.49. The Morgan fingerprint density at radius 3 is 1.28 bits per heavy atom. The van der Waals surface area contributed by atoms with Crippen LogP contribution in [0.3, 0.4) is 0 Å².